The summed E-state index contributed by atoms with van der Waals surface area (Å²) >= 11 is 4.19. The molecule has 4 heteroatoms. The van der Waals surface area contributed by atoms with Crippen LogP contribution in [0, 0.1) is 0 Å². The molecule has 2 aliphatic rings. The predicted octanol–water partition coefficient (Wildman–Crippen LogP) is 0.796. The minimum atomic E-state index is -0.356. The van der Waals surface area contributed by atoms with E-state index in [-0.39, 0.29) is 11.2 Å². The van der Waals surface area contributed by atoms with E-state index < -0.39 is 0 Å². The lowest BCUT2D eigenvalue weighted by Crippen LogP contribution is -2.37. The van der Waals surface area contributed by atoms with Gasteiger partial charge in [-0.1, -0.05) is 0 Å². The molecule has 3 nitrogen and oxygen atoms in total. The van der Waals surface area contributed by atoms with E-state index in [1.54, 1.807) is 0 Å². The molecule has 11 heavy (non-hydrogen) atoms. The summed E-state index contributed by atoms with van der Waals surface area (Å²) in [6.45, 7) is 2.07. The van der Waals surface area contributed by atoms with E-state index >= 15 is 0 Å². The Morgan fingerprint density at radius 1 is 1.27 bits per heavy atom. The molecule has 1 unspecified atom stereocenters. The van der Waals surface area contributed by atoms with E-state index in [1.807, 2.05) is 0 Å². The van der Waals surface area contributed by atoms with Gasteiger partial charge in [0.25, 0.3) is 0 Å². The number of thiol groups is 1. The molecular formula is C7H12O3S. The van der Waals surface area contributed by atoms with Crippen LogP contribution < -0.4 is 0 Å². The van der Waals surface area contributed by atoms with Crippen molar-refractivity contribution < 1.29 is 14.2 Å². The Morgan fingerprint density at radius 2 is 2.00 bits per heavy atom. The van der Waals surface area contributed by atoms with E-state index in [0.29, 0.717) is 6.61 Å². The van der Waals surface area contributed by atoms with E-state index in [1.165, 1.54) is 0 Å². The molecule has 2 saturated heterocycles. The van der Waals surface area contributed by atoms with Crippen LogP contribution >= 0.6 is 12.6 Å². The summed E-state index contributed by atoms with van der Waals surface area (Å²) in [6, 6.07) is 0. The van der Waals surface area contributed by atoms with Gasteiger partial charge in [-0.3, -0.25) is 0 Å². The quantitative estimate of drug-likeness (QED) is 0.553. The fourth-order valence-corrected chi connectivity index (χ4v) is 1.75. The summed E-state index contributed by atoms with van der Waals surface area (Å²) in [6.07, 6.45) is 1.67. The van der Waals surface area contributed by atoms with Gasteiger partial charge in [-0.2, -0.15) is 0 Å². The van der Waals surface area contributed by atoms with Crippen LogP contribution in [0.25, 0.3) is 0 Å². The average molecular weight is 176 g/mol. The summed E-state index contributed by atoms with van der Waals surface area (Å²) in [5.41, 5.74) is -0.0481. The molecule has 2 fully saturated rings. The van der Waals surface area contributed by atoms with E-state index in [0.717, 1.165) is 26.1 Å². The van der Waals surface area contributed by atoms with Crippen molar-refractivity contribution in [1.29, 1.82) is 0 Å². The van der Waals surface area contributed by atoms with Gasteiger partial charge in [0.15, 0.2) is 5.79 Å². The maximum Gasteiger partial charge on any atom is 0.174 e. The molecule has 0 amide bonds. The Labute approximate surface area is 71.4 Å². The van der Waals surface area contributed by atoms with Crippen molar-refractivity contribution in [2.75, 3.05) is 19.8 Å². The normalized spacial score (nSPS) is 36.3. The number of hydrogen-bond acceptors (Lipinski definition) is 4. The highest BCUT2D eigenvalue weighted by atomic mass is 32.1. The standard InChI is InChI=1S/C7H12O3S/c11-6-5-9-7(10-6)1-3-8-4-2-7/h6,11H,1-5H2. The van der Waals surface area contributed by atoms with Crippen molar-refractivity contribution in [3.05, 3.63) is 0 Å². The smallest absolute Gasteiger partial charge is 0.174 e. The first-order valence-corrected chi connectivity index (χ1v) is 4.40. The first-order chi connectivity index (χ1) is 5.31. The molecule has 1 atom stereocenters. The number of hydrogen-bond donors (Lipinski definition) is 1. The van der Waals surface area contributed by atoms with Crippen molar-refractivity contribution in [2.45, 2.75) is 24.1 Å². The zero-order valence-corrected chi connectivity index (χ0v) is 7.18. The third-order valence-corrected chi connectivity index (χ3v) is 2.35. The Bertz CT molecular complexity index is 139. The van der Waals surface area contributed by atoms with Gasteiger partial charge in [-0.15, -0.1) is 12.6 Å². The van der Waals surface area contributed by atoms with Crippen LogP contribution in [0.1, 0.15) is 12.8 Å². The second-order valence-corrected chi connectivity index (χ2v) is 3.48. The Hall–Kier alpha value is 0.230. The first-order valence-electron chi connectivity index (χ1n) is 3.88. The molecule has 0 saturated carbocycles. The van der Waals surface area contributed by atoms with Gasteiger partial charge < -0.3 is 14.2 Å². The highest BCUT2D eigenvalue weighted by molar-refractivity contribution is 7.80. The van der Waals surface area contributed by atoms with Gasteiger partial charge in [-0.25, -0.2) is 0 Å². The fourth-order valence-electron chi connectivity index (χ4n) is 1.48. The molecule has 2 rings (SSSR count). The van der Waals surface area contributed by atoms with Crippen molar-refractivity contribution >= 4 is 12.6 Å². The van der Waals surface area contributed by atoms with E-state index in [9.17, 15) is 0 Å². The van der Waals surface area contributed by atoms with Crippen molar-refractivity contribution in [3.63, 3.8) is 0 Å². The van der Waals surface area contributed by atoms with Crippen molar-refractivity contribution in [3.8, 4) is 0 Å². The van der Waals surface area contributed by atoms with Crippen molar-refractivity contribution in [1.82, 2.24) is 0 Å². The van der Waals surface area contributed by atoms with Crippen LogP contribution in [0.2, 0.25) is 0 Å². The van der Waals surface area contributed by atoms with E-state index in [2.05, 4.69) is 12.6 Å². The van der Waals surface area contributed by atoms with Gasteiger partial charge in [0.2, 0.25) is 0 Å². The lowest BCUT2D eigenvalue weighted by atomic mass is 10.1. The molecule has 0 aliphatic carbocycles. The van der Waals surface area contributed by atoms with Crippen molar-refractivity contribution in [2.24, 2.45) is 0 Å². The Kier molecular flexibility index (Phi) is 2.10. The molecule has 0 bridgehead atoms. The molecule has 2 heterocycles. The van der Waals surface area contributed by atoms with Crippen LogP contribution in [0.15, 0.2) is 0 Å². The lowest BCUT2D eigenvalue weighted by Gasteiger charge is -2.31. The molecular weight excluding hydrogens is 164 g/mol. The summed E-state index contributed by atoms with van der Waals surface area (Å²) in [7, 11) is 0. The highest BCUT2D eigenvalue weighted by Crippen LogP contribution is 2.33. The minimum absolute atomic E-state index is 0.0481. The molecule has 0 aromatic rings. The second-order valence-electron chi connectivity index (χ2n) is 2.91. The minimum Gasteiger partial charge on any atom is -0.381 e. The number of ether oxygens (including phenoxy) is 3. The average Bonchev–Trinajstić information content (AvgIpc) is 2.34. The van der Waals surface area contributed by atoms with Gasteiger partial charge >= 0.3 is 0 Å². The maximum atomic E-state index is 5.55. The maximum absolute atomic E-state index is 5.55. The SMILES string of the molecule is SC1COC2(CCOCC2)O1. The third kappa shape index (κ3) is 1.54. The molecule has 0 radical (unpaired) electrons. The molecule has 2 aliphatic heterocycles. The molecule has 0 aromatic carbocycles. The second kappa shape index (κ2) is 2.94. The monoisotopic (exact) mass is 176 g/mol. The summed E-state index contributed by atoms with van der Waals surface area (Å²) < 4.78 is 16.3. The predicted molar refractivity (Wildman–Crippen MR) is 42.6 cm³/mol. The van der Waals surface area contributed by atoms with E-state index in [4.69, 9.17) is 14.2 Å². The molecule has 0 N–H and O–H groups in total. The van der Waals surface area contributed by atoms with Crippen LogP contribution in [-0.4, -0.2) is 31.0 Å². The topological polar surface area (TPSA) is 27.7 Å². The van der Waals surface area contributed by atoms with Gasteiger partial charge in [0.1, 0.15) is 5.44 Å². The van der Waals surface area contributed by atoms with Gasteiger partial charge in [0, 0.05) is 12.8 Å². The highest BCUT2D eigenvalue weighted by Gasteiger charge is 2.41. The van der Waals surface area contributed by atoms with Gasteiger partial charge in [-0.05, 0) is 0 Å². The largest absolute Gasteiger partial charge is 0.381 e. The Balaban J connectivity index is 1.98. The van der Waals surface area contributed by atoms with Crippen LogP contribution in [-0.2, 0) is 14.2 Å². The Morgan fingerprint density at radius 3 is 2.55 bits per heavy atom. The van der Waals surface area contributed by atoms with Crippen LogP contribution in [0.3, 0.4) is 0 Å². The third-order valence-electron chi connectivity index (χ3n) is 2.09. The van der Waals surface area contributed by atoms with Crippen LogP contribution in [0.4, 0.5) is 0 Å². The lowest BCUT2D eigenvalue weighted by molar-refractivity contribution is -0.204. The zero-order chi connectivity index (χ0) is 7.73. The summed E-state index contributed by atoms with van der Waals surface area (Å²) in [4.78, 5) is 0. The first kappa shape index (κ1) is 7.86. The molecule has 0 aromatic heterocycles. The summed E-state index contributed by atoms with van der Waals surface area (Å²) in [5.74, 6) is -0.356. The molecule has 1 spiro atoms. The fraction of sp³-hybridized carbons (Fsp3) is 1.00. The van der Waals surface area contributed by atoms with Crippen LogP contribution in [0.5, 0.6) is 0 Å². The van der Waals surface area contributed by atoms with Gasteiger partial charge in [0.05, 0.1) is 19.8 Å². The summed E-state index contributed by atoms with van der Waals surface area (Å²) in [5, 5.41) is 0. The number of rotatable bonds is 0. The zero-order valence-electron chi connectivity index (χ0n) is 6.28. The molecule has 64 valence electrons.